The maximum Gasteiger partial charge on any atom is 0.309 e. The predicted molar refractivity (Wildman–Crippen MR) is 66.0 cm³/mol. The standard InChI is InChI=1S/C10H13N3O8/c11-8-4(13(19)20)1-3(9(17)12-8)10(18)7(16)6(15)5(2-14)21-10/h1,5-7,14-16,18H,2H2,(H3,11,12,17)/t5-,6-,7-,10-/m1/s1. The SMILES string of the molecule is Nc1[nH]c(=O)c([C@@]2(O)O[C@H](CO)[C@@H](O)[C@H]2O)cc1[N+](=O)[O-]. The zero-order valence-electron chi connectivity index (χ0n) is 10.5. The summed E-state index contributed by atoms with van der Waals surface area (Å²) in [5, 5.41) is 49.4. The first kappa shape index (κ1) is 15.3. The summed E-state index contributed by atoms with van der Waals surface area (Å²) in [6.07, 6.45) is -5.03. The molecule has 0 unspecified atom stereocenters. The predicted octanol–water partition coefficient (Wildman–Crippen LogP) is -2.88. The van der Waals surface area contributed by atoms with Crippen LogP contribution in [0.25, 0.3) is 0 Å². The number of aliphatic hydroxyl groups is 4. The average molecular weight is 303 g/mol. The summed E-state index contributed by atoms with van der Waals surface area (Å²) in [5.41, 5.74) is 2.83. The molecule has 0 aromatic carbocycles. The van der Waals surface area contributed by atoms with Crippen LogP contribution in [0.2, 0.25) is 0 Å². The number of H-pyrrole nitrogens is 1. The number of hydrogen-bond acceptors (Lipinski definition) is 9. The van der Waals surface area contributed by atoms with Crippen molar-refractivity contribution in [1.82, 2.24) is 4.98 Å². The van der Waals surface area contributed by atoms with E-state index in [1.54, 1.807) is 0 Å². The summed E-state index contributed by atoms with van der Waals surface area (Å²) >= 11 is 0. The molecule has 1 aliphatic rings. The molecule has 0 spiro atoms. The van der Waals surface area contributed by atoms with Gasteiger partial charge in [0.25, 0.3) is 5.56 Å². The van der Waals surface area contributed by atoms with E-state index in [9.17, 15) is 30.2 Å². The number of aliphatic hydroxyl groups excluding tert-OH is 3. The fourth-order valence-corrected chi connectivity index (χ4v) is 2.12. The molecule has 0 radical (unpaired) electrons. The summed E-state index contributed by atoms with van der Waals surface area (Å²) < 4.78 is 4.89. The topological polar surface area (TPSA) is 192 Å². The average Bonchev–Trinajstić information content (AvgIpc) is 2.63. The molecule has 2 rings (SSSR count). The van der Waals surface area contributed by atoms with Crippen molar-refractivity contribution in [3.63, 3.8) is 0 Å². The number of pyridine rings is 1. The van der Waals surface area contributed by atoms with Gasteiger partial charge in [0.15, 0.2) is 5.82 Å². The van der Waals surface area contributed by atoms with E-state index < -0.39 is 58.3 Å². The van der Waals surface area contributed by atoms with E-state index >= 15 is 0 Å². The Balaban J connectivity index is 2.58. The Morgan fingerprint density at radius 1 is 1.52 bits per heavy atom. The van der Waals surface area contributed by atoms with Gasteiger partial charge in [0.2, 0.25) is 5.79 Å². The highest BCUT2D eigenvalue weighted by molar-refractivity contribution is 5.53. The van der Waals surface area contributed by atoms with E-state index in [4.69, 9.17) is 15.6 Å². The number of aromatic amines is 1. The normalized spacial score (nSPS) is 32.3. The molecule has 11 heteroatoms. The van der Waals surface area contributed by atoms with Crippen LogP contribution in [0.1, 0.15) is 5.56 Å². The highest BCUT2D eigenvalue weighted by Crippen LogP contribution is 2.37. The third kappa shape index (κ3) is 2.26. The lowest BCUT2D eigenvalue weighted by Gasteiger charge is -2.25. The Bertz CT molecular complexity index is 631. The first-order valence-corrected chi connectivity index (χ1v) is 5.77. The number of nitrogen functional groups attached to an aromatic ring is 1. The van der Waals surface area contributed by atoms with Gasteiger partial charge in [0, 0.05) is 6.07 Å². The molecule has 0 amide bonds. The van der Waals surface area contributed by atoms with Crippen molar-refractivity contribution in [2.24, 2.45) is 0 Å². The van der Waals surface area contributed by atoms with Crippen LogP contribution in [0.15, 0.2) is 10.9 Å². The Morgan fingerprint density at radius 2 is 2.14 bits per heavy atom. The molecule has 2 heterocycles. The van der Waals surface area contributed by atoms with Crippen LogP contribution in [-0.2, 0) is 10.5 Å². The van der Waals surface area contributed by atoms with Crippen LogP contribution >= 0.6 is 0 Å². The molecule has 1 fully saturated rings. The fourth-order valence-electron chi connectivity index (χ4n) is 2.12. The second kappa shape index (κ2) is 5.05. The molecule has 21 heavy (non-hydrogen) atoms. The Morgan fingerprint density at radius 3 is 2.62 bits per heavy atom. The number of rotatable bonds is 3. The maximum absolute atomic E-state index is 11.8. The number of nitro groups is 1. The molecule has 1 aromatic heterocycles. The molecule has 0 saturated carbocycles. The van der Waals surface area contributed by atoms with E-state index in [-0.39, 0.29) is 0 Å². The maximum atomic E-state index is 11.8. The van der Waals surface area contributed by atoms with Gasteiger partial charge in [0.1, 0.15) is 18.3 Å². The van der Waals surface area contributed by atoms with Crippen LogP contribution in [0, 0.1) is 10.1 Å². The monoisotopic (exact) mass is 303 g/mol. The van der Waals surface area contributed by atoms with Crippen LogP contribution < -0.4 is 11.3 Å². The number of nitrogens with zero attached hydrogens (tertiary/aromatic N) is 1. The van der Waals surface area contributed by atoms with Gasteiger partial charge in [-0.2, -0.15) is 0 Å². The van der Waals surface area contributed by atoms with Gasteiger partial charge in [-0.3, -0.25) is 14.9 Å². The Labute approximate surface area is 116 Å². The summed E-state index contributed by atoms with van der Waals surface area (Å²) in [4.78, 5) is 23.6. The Kier molecular flexibility index (Phi) is 3.69. The van der Waals surface area contributed by atoms with Crippen LogP contribution in [0.5, 0.6) is 0 Å². The zero-order chi connectivity index (χ0) is 15.9. The van der Waals surface area contributed by atoms with Gasteiger partial charge < -0.3 is 35.9 Å². The lowest BCUT2D eigenvalue weighted by molar-refractivity contribution is -0.384. The smallest absolute Gasteiger partial charge is 0.309 e. The number of hydrogen-bond donors (Lipinski definition) is 6. The summed E-state index contributed by atoms with van der Waals surface area (Å²) in [6.45, 7) is -0.741. The van der Waals surface area contributed by atoms with Gasteiger partial charge in [-0.05, 0) is 0 Å². The number of ether oxygens (including phenoxy) is 1. The molecule has 0 aliphatic carbocycles. The summed E-state index contributed by atoms with van der Waals surface area (Å²) in [5.74, 6) is -3.25. The Hall–Kier alpha value is -2.05. The van der Waals surface area contributed by atoms with E-state index in [1.807, 2.05) is 4.98 Å². The summed E-state index contributed by atoms with van der Waals surface area (Å²) in [6, 6.07) is 0.643. The minimum absolute atomic E-state index is 0.538. The van der Waals surface area contributed by atoms with E-state index in [0.717, 1.165) is 0 Å². The minimum Gasteiger partial charge on any atom is -0.394 e. The molecule has 4 atom stereocenters. The first-order chi connectivity index (χ1) is 9.72. The molecule has 0 bridgehead atoms. The van der Waals surface area contributed by atoms with E-state index in [0.29, 0.717) is 6.07 Å². The van der Waals surface area contributed by atoms with E-state index in [1.165, 1.54) is 0 Å². The number of nitrogens with two attached hydrogens (primary N) is 1. The van der Waals surface area contributed by atoms with Gasteiger partial charge in [-0.25, -0.2) is 0 Å². The molecule has 1 aliphatic heterocycles. The lowest BCUT2D eigenvalue weighted by Crippen LogP contribution is -2.44. The van der Waals surface area contributed by atoms with Crippen molar-refractivity contribution >= 4 is 11.5 Å². The van der Waals surface area contributed by atoms with Gasteiger partial charge >= 0.3 is 5.69 Å². The van der Waals surface area contributed by atoms with Gasteiger partial charge in [0.05, 0.1) is 17.1 Å². The second-order valence-electron chi connectivity index (χ2n) is 4.54. The minimum atomic E-state index is -2.71. The number of anilines is 1. The van der Waals surface area contributed by atoms with Crippen LogP contribution in [-0.4, -0.2) is 55.3 Å². The molecular formula is C10H13N3O8. The summed E-state index contributed by atoms with van der Waals surface area (Å²) in [7, 11) is 0. The fraction of sp³-hybridized carbons (Fsp3) is 0.500. The largest absolute Gasteiger partial charge is 0.394 e. The zero-order valence-corrected chi connectivity index (χ0v) is 10.5. The lowest BCUT2D eigenvalue weighted by atomic mass is 9.98. The first-order valence-electron chi connectivity index (χ1n) is 5.77. The van der Waals surface area contributed by atoms with Crippen LogP contribution in [0.3, 0.4) is 0 Å². The number of nitrogens with one attached hydrogen (secondary N) is 1. The molecule has 1 aromatic rings. The molecule has 116 valence electrons. The highest BCUT2D eigenvalue weighted by Gasteiger charge is 2.55. The third-order valence-corrected chi connectivity index (χ3v) is 3.25. The van der Waals surface area contributed by atoms with Crippen molar-refractivity contribution in [2.45, 2.75) is 24.1 Å². The van der Waals surface area contributed by atoms with Gasteiger partial charge in [-0.15, -0.1) is 0 Å². The van der Waals surface area contributed by atoms with Crippen molar-refractivity contribution in [3.8, 4) is 0 Å². The molecule has 11 nitrogen and oxygen atoms in total. The van der Waals surface area contributed by atoms with Crippen molar-refractivity contribution in [3.05, 3.63) is 32.1 Å². The third-order valence-electron chi connectivity index (χ3n) is 3.25. The number of aromatic nitrogens is 1. The van der Waals surface area contributed by atoms with Crippen molar-refractivity contribution in [2.75, 3.05) is 12.3 Å². The van der Waals surface area contributed by atoms with Crippen molar-refractivity contribution in [1.29, 1.82) is 0 Å². The quantitative estimate of drug-likeness (QED) is 0.251. The van der Waals surface area contributed by atoms with E-state index in [2.05, 4.69) is 0 Å². The highest BCUT2D eigenvalue weighted by atomic mass is 16.7. The second-order valence-corrected chi connectivity index (χ2v) is 4.54. The van der Waals surface area contributed by atoms with Crippen LogP contribution in [0.4, 0.5) is 11.5 Å². The van der Waals surface area contributed by atoms with Gasteiger partial charge in [-0.1, -0.05) is 0 Å². The molecule has 7 N–H and O–H groups in total. The molecule has 1 saturated heterocycles. The molecular weight excluding hydrogens is 290 g/mol. The van der Waals surface area contributed by atoms with Crippen molar-refractivity contribution < 1.29 is 30.1 Å².